The van der Waals surface area contributed by atoms with Gasteiger partial charge in [-0.25, -0.2) is 0 Å². The highest BCUT2D eigenvalue weighted by molar-refractivity contribution is 7.98. The molecule has 0 fully saturated rings. The lowest BCUT2D eigenvalue weighted by atomic mass is 9.93. The van der Waals surface area contributed by atoms with Crippen LogP contribution in [-0.2, 0) is 6.42 Å². The van der Waals surface area contributed by atoms with E-state index in [9.17, 15) is 0 Å². The molecule has 5 nitrogen and oxygen atoms in total. The Balaban J connectivity index is 1.77. The van der Waals surface area contributed by atoms with Crippen LogP contribution in [-0.4, -0.2) is 33.0 Å². The van der Waals surface area contributed by atoms with Gasteiger partial charge in [0.1, 0.15) is 0 Å². The molecule has 0 amide bonds. The highest BCUT2D eigenvalue weighted by Gasteiger charge is 2.34. The monoisotopic (exact) mass is 478 g/mol. The Kier molecular flexibility index (Phi) is 7.20. The summed E-state index contributed by atoms with van der Waals surface area (Å²) in [6.45, 7) is 9.45. The Morgan fingerprint density at radius 1 is 1.12 bits per heavy atom. The van der Waals surface area contributed by atoms with Crippen LogP contribution in [0.2, 0.25) is 0 Å². The van der Waals surface area contributed by atoms with E-state index >= 15 is 0 Å². The third-order valence-electron chi connectivity index (χ3n) is 5.87. The van der Waals surface area contributed by atoms with Crippen molar-refractivity contribution < 1.29 is 4.52 Å². The van der Waals surface area contributed by atoms with Crippen LogP contribution in [0.15, 0.2) is 63.6 Å². The molecule has 0 spiro atoms. The second kappa shape index (κ2) is 10.1. The number of hydrogen-bond donors (Lipinski definition) is 1. The van der Waals surface area contributed by atoms with Crippen molar-refractivity contribution in [3.8, 4) is 11.4 Å². The predicted octanol–water partition coefficient (Wildman–Crippen LogP) is 6.34. The quantitative estimate of drug-likeness (QED) is 0.314. The van der Waals surface area contributed by atoms with E-state index in [0.717, 1.165) is 40.5 Å². The summed E-state index contributed by atoms with van der Waals surface area (Å²) in [5, 5.41) is 8.57. The molecule has 172 valence electrons. The largest absolute Gasteiger partial charge is 0.351 e. The number of hydrogen-bond acceptors (Lipinski definition) is 5. The Bertz CT molecular complexity index is 1150. The fraction of sp³-hybridized carbons (Fsp3) is 0.346. The highest BCUT2D eigenvalue weighted by Crippen LogP contribution is 2.37. The van der Waals surface area contributed by atoms with E-state index in [1.807, 2.05) is 12.1 Å². The fourth-order valence-electron chi connectivity index (χ4n) is 4.03. The zero-order valence-corrected chi connectivity index (χ0v) is 21.4. The minimum Gasteiger partial charge on any atom is -0.351 e. The molecule has 2 aromatic carbocycles. The van der Waals surface area contributed by atoms with Crippen LogP contribution in [0, 0.1) is 5.92 Å². The first-order chi connectivity index (χ1) is 15.9. The van der Waals surface area contributed by atoms with Gasteiger partial charge in [0.05, 0.1) is 11.6 Å². The first-order valence-electron chi connectivity index (χ1n) is 11.3. The molecule has 33 heavy (non-hydrogen) atoms. The Morgan fingerprint density at radius 3 is 2.42 bits per heavy atom. The van der Waals surface area contributed by atoms with Gasteiger partial charge in [-0.3, -0.25) is 0 Å². The molecule has 4 rings (SSSR count). The predicted molar refractivity (Wildman–Crippen MR) is 140 cm³/mol. The SMILES string of the molecule is CCc1ccc(C2NC(=S)N(CC(C)C)C(C)=C2c2nc(-c3ccc(SC)cc3)no2)cc1. The lowest BCUT2D eigenvalue weighted by Crippen LogP contribution is -2.47. The molecule has 1 aromatic heterocycles. The van der Waals surface area contributed by atoms with E-state index in [2.05, 4.69) is 85.7 Å². The maximum Gasteiger partial charge on any atom is 0.258 e. The topological polar surface area (TPSA) is 54.2 Å². The van der Waals surface area contributed by atoms with Crippen molar-refractivity contribution in [2.75, 3.05) is 12.8 Å². The Labute approximate surface area is 205 Å². The molecule has 1 aliphatic heterocycles. The standard InChI is InChI=1S/C26H30N4OS2/c1-6-18-7-9-19(10-8-18)23-22(17(4)30(15-16(2)3)26(32)27-23)25-28-24(29-31-25)20-11-13-21(33-5)14-12-20/h7-14,16,23H,6,15H2,1-5H3,(H,27,32). The van der Waals surface area contributed by atoms with E-state index in [0.29, 0.717) is 17.6 Å². The average molecular weight is 479 g/mol. The second-order valence-corrected chi connectivity index (χ2v) is 9.90. The minimum absolute atomic E-state index is 0.154. The molecule has 7 heteroatoms. The molecular formula is C26H30N4OS2. The zero-order chi connectivity index (χ0) is 23.5. The van der Waals surface area contributed by atoms with Crippen molar-refractivity contribution in [3.05, 3.63) is 71.2 Å². The number of nitrogens with zero attached hydrogens (tertiary/aromatic N) is 3. The molecule has 1 N–H and O–H groups in total. The lowest BCUT2D eigenvalue weighted by molar-refractivity contribution is 0.386. The van der Waals surface area contributed by atoms with Crippen LogP contribution in [0.4, 0.5) is 0 Å². The van der Waals surface area contributed by atoms with E-state index < -0.39 is 0 Å². The molecule has 2 heterocycles. The number of allylic oxidation sites excluding steroid dienone is 1. The van der Waals surface area contributed by atoms with Crippen LogP contribution < -0.4 is 5.32 Å². The van der Waals surface area contributed by atoms with E-state index in [1.54, 1.807) is 11.8 Å². The van der Waals surface area contributed by atoms with Crippen molar-refractivity contribution >= 4 is 34.7 Å². The first-order valence-corrected chi connectivity index (χ1v) is 12.9. The lowest BCUT2D eigenvalue weighted by Gasteiger charge is -2.38. The Hall–Kier alpha value is -2.64. The van der Waals surface area contributed by atoms with Gasteiger partial charge in [0.25, 0.3) is 5.89 Å². The molecule has 0 saturated carbocycles. The van der Waals surface area contributed by atoms with Crippen LogP contribution >= 0.6 is 24.0 Å². The van der Waals surface area contributed by atoms with Gasteiger partial charge in [0.15, 0.2) is 5.11 Å². The number of aromatic nitrogens is 2. The van der Waals surface area contributed by atoms with Gasteiger partial charge in [0.2, 0.25) is 5.82 Å². The summed E-state index contributed by atoms with van der Waals surface area (Å²) in [6.07, 6.45) is 3.07. The fourth-order valence-corrected chi connectivity index (χ4v) is 4.77. The number of nitrogens with one attached hydrogen (secondary N) is 1. The molecular weight excluding hydrogens is 448 g/mol. The van der Waals surface area contributed by atoms with Crippen molar-refractivity contribution in [1.29, 1.82) is 0 Å². The first kappa shape index (κ1) is 23.5. The molecule has 0 saturated heterocycles. The number of benzene rings is 2. The van der Waals surface area contributed by atoms with Crippen LogP contribution in [0.3, 0.4) is 0 Å². The van der Waals surface area contributed by atoms with Gasteiger partial charge in [-0.05, 0) is 73.1 Å². The summed E-state index contributed by atoms with van der Waals surface area (Å²) in [7, 11) is 0. The molecule has 0 bridgehead atoms. The van der Waals surface area contributed by atoms with Gasteiger partial charge in [-0.1, -0.05) is 50.2 Å². The van der Waals surface area contributed by atoms with E-state index in [1.165, 1.54) is 10.5 Å². The smallest absolute Gasteiger partial charge is 0.258 e. The maximum absolute atomic E-state index is 5.84. The molecule has 1 unspecified atom stereocenters. The van der Waals surface area contributed by atoms with Crippen molar-refractivity contribution in [3.63, 3.8) is 0 Å². The molecule has 3 aromatic rings. The van der Waals surface area contributed by atoms with Crippen LogP contribution in [0.1, 0.15) is 50.8 Å². The molecule has 0 radical (unpaired) electrons. The molecule has 1 aliphatic rings. The highest BCUT2D eigenvalue weighted by atomic mass is 32.2. The van der Waals surface area contributed by atoms with Crippen molar-refractivity contribution in [2.45, 2.75) is 45.1 Å². The third kappa shape index (κ3) is 4.99. The summed E-state index contributed by atoms with van der Waals surface area (Å²) >= 11 is 7.48. The summed E-state index contributed by atoms with van der Waals surface area (Å²) in [5.74, 6) is 1.56. The van der Waals surface area contributed by atoms with Gasteiger partial charge in [0, 0.05) is 22.7 Å². The van der Waals surface area contributed by atoms with Gasteiger partial charge >= 0.3 is 0 Å². The maximum atomic E-state index is 5.84. The molecule has 1 atom stereocenters. The normalized spacial score (nSPS) is 16.5. The number of rotatable bonds is 7. The number of thioether (sulfide) groups is 1. The van der Waals surface area contributed by atoms with Crippen molar-refractivity contribution in [2.24, 2.45) is 5.92 Å². The number of aryl methyl sites for hydroxylation is 1. The number of thiocarbonyl (C=S) groups is 1. The van der Waals surface area contributed by atoms with Gasteiger partial charge < -0.3 is 14.7 Å². The van der Waals surface area contributed by atoms with E-state index in [-0.39, 0.29) is 6.04 Å². The molecule has 0 aliphatic carbocycles. The van der Waals surface area contributed by atoms with Crippen LogP contribution in [0.25, 0.3) is 17.0 Å². The van der Waals surface area contributed by atoms with E-state index in [4.69, 9.17) is 21.7 Å². The average Bonchev–Trinajstić information content (AvgIpc) is 3.31. The van der Waals surface area contributed by atoms with Crippen molar-refractivity contribution in [1.82, 2.24) is 20.4 Å². The minimum atomic E-state index is -0.154. The third-order valence-corrected chi connectivity index (χ3v) is 6.95. The van der Waals surface area contributed by atoms with Crippen LogP contribution in [0.5, 0.6) is 0 Å². The summed E-state index contributed by atoms with van der Waals surface area (Å²) in [6, 6.07) is 16.7. The second-order valence-electron chi connectivity index (χ2n) is 8.63. The Morgan fingerprint density at radius 2 is 1.82 bits per heavy atom. The summed E-state index contributed by atoms with van der Waals surface area (Å²) in [5.41, 5.74) is 5.37. The van der Waals surface area contributed by atoms with Gasteiger partial charge in [-0.2, -0.15) is 4.98 Å². The zero-order valence-electron chi connectivity index (χ0n) is 19.8. The van der Waals surface area contributed by atoms with Gasteiger partial charge in [-0.15, -0.1) is 11.8 Å². The summed E-state index contributed by atoms with van der Waals surface area (Å²) in [4.78, 5) is 8.15. The summed E-state index contributed by atoms with van der Waals surface area (Å²) < 4.78 is 5.84.